The van der Waals surface area contributed by atoms with Gasteiger partial charge in [-0.3, -0.25) is 4.99 Å². The number of nitrogens with zero attached hydrogens (tertiary/aromatic N) is 1. The molecule has 0 unspecified atom stereocenters. The van der Waals surface area contributed by atoms with Crippen LogP contribution in [0.2, 0.25) is 0 Å². The van der Waals surface area contributed by atoms with Crippen LogP contribution in [0.1, 0.15) is 40.6 Å². The fourth-order valence-electron chi connectivity index (χ4n) is 4.65. The van der Waals surface area contributed by atoms with Crippen LogP contribution in [0.5, 0.6) is 5.75 Å². The molecule has 1 heterocycles. The fourth-order valence-corrected chi connectivity index (χ4v) is 4.65. The molecule has 3 aromatic carbocycles. The first-order valence-corrected chi connectivity index (χ1v) is 10.5. The lowest BCUT2D eigenvalue weighted by Crippen LogP contribution is -2.29. The van der Waals surface area contributed by atoms with E-state index in [2.05, 4.69) is 71.8 Å². The summed E-state index contributed by atoms with van der Waals surface area (Å²) in [5.41, 5.74) is 7.37. The van der Waals surface area contributed by atoms with Crippen molar-refractivity contribution < 1.29 is 4.74 Å². The minimum atomic E-state index is 0.319. The Morgan fingerprint density at radius 3 is 2.57 bits per heavy atom. The third-order valence-corrected chi connectivity index (χ3v) is 6.25. The van der Waals surface area contributed by atoms with Gasteiger partial charge in [0.05, 0.1) is 18.8 Å². The van der Waals surface area contributed by atoms with E-state index in [0.29, 0.717) is 17.9 Å². The van der Waals surface area contributed by atoms with E-state index in [1.54, 1.807) is 7.11 Å². The lowest BCUT2D eigenvalue weighted by molar-refractivity contribution is 0.415. The van der Waals surface area contributed by atoms with Crippen molar-refractivity contribution in [3.05, 3.63) is 101 Å². The molecule has 0 saturated carbocycles. The minimum absolute atomic E-state index is 0.319. The summed E-state index contributed by atoms with van der Waals surface area (Å²) in [6, 6.07) is 23.6. The average Bonchev–Trinajstić information content (AvgIpc) is 3.28. The number of methoxy groups -OCH3 is 1. The van der Waals surface area contributed by atoms with Crippen molar-refractivity contribution in [3.8, 4) is 5.75 Å². The Labute approximate surface area is 178 Å². The third-order valence-electron chi connectivity index (χ3n) is 6.25. The smallest absolute Gasteiger partial charge is 0.118 e. The highest BCUT2D eigenvalue weighted by molar-refractivity contribution is 5.82. The number of aryl methyl sites for hydroxylation is 1. The van der Waals surface area contributed by atoms with Gasteiger partial charge in [0.1, 0.15) is 5.75 Å². The average molecular weight is 395 g/mol. The molecule has 0 radical (unpaired) electrons. The number of hydrogen-bond acceptors (Lipinski definition) is 3. The van der Waals surface area contributed by atoms with Crippen LogP contribution >= 0.6 is 0 Å². The van der Waals surface area contributed by atoms with Crippen LogP contribution in [-0.2, 0) is 0 Å². The van der Waals surface area contributed by atoms with E-state index in [1.807, 2.05) is 30.5 Å². The Kier molecular flexibility index (Phi) is 4.88. The van der Waals surface area contributed by atoms with Crippen molar-refractivity contribution in [2.24, 2.45) is 10.9 Å². The first-order chi connectivity index (χ1) is 14.7. The Morgan fingerprint density at radius 1 is 1.00 bits per heavy atom. The number of aliphatic imine (C=N–C) groups is 1. The number of hydrogen-bond donors (Lipinski definition) is 1. The molecule has 0 fully saturated rings. The summed E-state index contributed by atoms with van der Waals surface area (Å²) in [4.78, 5) is 4.63. The van der Waals surface area contributed by atoms with Crippen LogP contribution in [0.25, 0.3) is 0 Å². The van der Waals surface area contributed by atoms with E-state index < -0.39 is 0 Å². The predicted octanol–water partition coefficient (Wildman–Crippen LogP) is 6.58. The Hall–Kier alpha value is -3.33. The zero-order valence-electron chi connectivity index (χ0n) is 17.4. The molecule has 0 aromatic heterocycles. The molecule has 1 aliphatic carbocycles. The van der Waals surface area contributed by atoms with E-state index in [0.717, 1.165) is 23.4 Å². The summed E-state index contributed by atoms with van der Waals surface area (Å²) in [7, 11) is 1.68. The molecule has 1 N–H and O–H groups in total. The number of benzene rings is 3. The first-order valence-electron chi connectivity index (χ1n) is 10.5. The van der Waals surface area contributed by atoms with Gasteiger partial charge in [-0.1, -0.05) is 42.0 Å². The number of ether oxygens (including phenoxy) is 1. The molecular weight excluding hydrogens is 368 g/mol. The maximum Gasteiger partial charge on any atom is 0.118 e. The van der Waals surface area contributed by atoms with Crippen molar-refractivity contribution in [3.63, 3.8) is 0 Å². The minimum Gasteiger partial charge on any atom is -0.497 e. The first kappa shape index (κ1) is 18.7. The second kappa shape index (κ2) is 7.83. The predicted molar refractivity (Wildman–Crippen MR) is 124 cm³/mol. The van der Waals surface area contributed by atoms with Gasteiger partial charge >= 0.3 is 0 Å². The lowest BCUT2D eigenvalue weighted by atomic mass is 9.76. The zero-order valence-corrected chi connectivity index (χ0v) is 17.4. The highest BCUT2D eigenvalue weighted by Crippen LogP contribution is 2.50. The number of allylic oxidation sites excluding steroid dienone is 2. The lowest BCUT2D eigenvalue weighted by Gasteiger charge is -2.37. The van der Waals surface area contributed by atoms with Crippen molar-refractivity contribution in [2.45, 2.75) is 25.3 Å². The van der Waals surface area contributed by atoms with E-state index in [1.165, 1.54) is 22.4 Å². The Balaban J connectivity index is 1.36. The molecule has 0 spiro atoms. The number of rotatable bonds is 4. The van der Waals surface area contributed by atoms with Gasteiger partial charge in [-0.25, -0.2) is 0 Å². The normalized spacial score (nSPS) is 21.9. The molecule has 3 aromatic rings. The molecule has 30 heavy (non-hydrogen) atoms. The van der Waals surface area contributed by atoms with Gasteiger partial charge in [0.15, 0.2) is 0 Å². The van der Waals surface area contributed by atoms with Crippen LogP contribution in [-0.4, -0.2) is 13.3 Å². The molecule has 3 nitrogen and oxygen atoms in total. The van der Waals surface area contributed by atoms with Crippen LogP contribution in [0.4, 0.5) is 11.4 Å². The molecule has 3 atom stereocenters. The Bertz CT molecular complexity index is 1100. The number of fused-ring (bicyclic) bond motifs is 3. The molecule has 0 amide bonds. The highest BCUT2D eigenvalue weighted by Gasteiger charge is 2.37. The number of nitrogens with one attached hydrogen (secondary N) is 1. The summed E-state index contributed by atoms with van der Waals surface area (Å²) in [5, 5.41) is 3.81. The van der Waals surface area contributed by atoms with Crippen molar-refractivity contribution >= 4 is 17.6 Å². The standard InChI is InChI=1S/C27H26N2O/c1-18-6-15-26-25(16-18)23-4-3-5-24(23)27(29-26)20-9-11-21(12-10-20)28-17-19-7-13-22(30-2)14-8-19/h3-4,6-17,23-24,27,29H,5H2,1-2H3/t23-,24+,27-/m1/s1. The van der Waals surface area contributed by atoms with Crippen molar-refractivity contribution in [1.29, 1.82) is 0 Å². The molecular formula is C27H26N2O. The maximum atomic E-state index is 5.21. The van der Waals surface area contributed by atoms with E-state index in [9.17, 15) is 0 Å². The van der Waals surface area contributed by atoms with E-state index >= 15 is 0 Å². The van der Waals surface area contributed by atoms with Gasteiger partial charge in [-0.15, -0.1) is 0 Å². The topological polar surface area (TPSA) is 33.6 Å². The monoisotopic (exact) mass is 394 g/mol. The molecule has 3 heteroatoms. The van der Waals surface area contributed by atoms with E-state index in [-0.39, 0.29) is 0 Å². The SMILES string of the molecule is COc1ccc(C=Nc2ccc([C@H]3Nc4ccc(C)cc4[C@@H]4C=CC[C@H]34)cc2)cc1. The van der Waals surface area contributed by atoms with E-state index in [4.69, 9.17) is 4.74 Å². The molecule has 150 valence electrons. The highest BCUT2D eigenvalue weighted by atomic mass is 16.5. The van der Waals surface area contributed by atoms with Gasteiger partial charge in [-0.2, -0.15) is 0 Å². The maximum absolute atomic E-state index is 5.21. The van der Waals surface area contributed by atoms with Gasteiger partial charge in [-0.05, 0) is 78.4 Å². The molecule has 0 bridgehead atoms. The summed E-state index contributed by atoms with van der Waals surface area (Å²) < 4.78 is 5.21. The van der Waals surface area contributed by atoms with Crippen LogP contribution < -0.4 is 10.1 Å². The Morgan fingerprint density at radius 2 is 1.80 bits per heavy atom. The summed E-state index contributed by atoms with van der Waals surface area (Å²) in [6.45, 7) is 2.17. The summed E-state index contributed by atoms with van der Waals surface area (Å²) >= 11 is 0. The van der Waals surface area contributed by atoms with Gasteiger partial charge in [0.25, 0.3) is 0 Å². The van der Waals surface area contributed by atoms with Crippen molar-refractivity contribution in [2.75, 3.05) is 12.4 Å². The van der Waals surface area contributed by atoms with Crippen LogP contribution in [0.15, 0.2) is 83.9 Å². The van der Waals surface area contributed by atoms with Gasteiger partial charge < -0.3 is 10.1 Å². The second-order valence-electron chi connectivity index (χ2n) is 8.19. The molecule has 2 aliphatic rings. The molecule has 5 rings (SSSR count). The zero-order chi connectivity index (χ0) is 20.5. The fraction of sp³-hybridized carbons (Fsp3) is 0.222. The molecule has 0 saturated heterocycles. The second-order valence-corrected chi connectivity index (χ2v) is 8.19. The van der Waals surface area contributed by atoms with Crippen LogP contribution in [0, 0.1) is 12.8 Å². The van der Waals surface area contributed by atoms with Gasteiger partial charge in [0, 0.05) is 17.8 Å². The molecule has 1 aliphatic heterocycles. The summed E-state index contributed by atoms with van der Waals surface area (Å²) in [5.74, 6) is 1.92. The quantitative estimate of drug-likeness (QED) is 0.400. The summed E-state index contributed by atoms with van der Waals surface area (Å²) in [6.07, 6.45) is 7.75. The van der Waals surface area contributed by atoms with Gasteiger partial charge in [0.2, 0.25) is 0 Å². The number of anilines is 1. The largest absolute Gasteiger partial charge is 0.497 e. The third kappa shape index (κ3) is 3.52. The van der Waals surface area contributed by atoms with Crippen molar-refractivity contribution in [1.82, 2.24) is 0 Å². The van der Waals surface area contributed by atoms with Crippen LogP contribution in [0.3, 0.4) is 0 Å².